The topological polar surface area (TPSA) is 96.2 Å². The standard InChI is InChI=1S/C25H29N3O6S/c1-15-21(30-2)22(31-3)23(32-4)24(33-15)34-25(35)27-17-7-5-16(6-8-17)20-13-28(14-26-20)18-9-11-19(29)12-10-18/h5-15,21-24,29H,1-4H3,(H,27,35)/t15-,21-,22+,23+,24-/m0/s1. The molecule has 1 aliphatic heterocycles. The Morgan fingerprint density at radius 2 is 1.63 bits per heavy atom. The number of methoxy groups -OCH3 is 3. The molecule has 0 unspecified atom stereocenters. The van der Waals surface area contributed by atoms with Crippen LogP contribution < -0.4 is 5.32 Å². The fourth-order valence-electron chi connectivity index (χ4n) is 4.12. The summed E-state index contributed by atoms with van der Waals surface area (Å²) in [5.74, 6) is 0.221. The number of phenols is 1. The molecular formula is C25H29N3O6S. The van der Waals surface area contributed by atoms with E-state index in [9.17, 15) is 5.11 Å². The third-order valence-electron chi connectivity index (χ3n) is 5.92. The third kappa shape index (κ3) is 5.63. The molecule has 1 fully saturated rings. The van der Waals surface area contributed by atoms with Crippen LogP contribution in [0.15, 0.2) is 61.1 Å². The van der Waals surface area contributed by atoms with E-state index in [0.29, 0.717) is 0 Å². The van der Waals surface area contributed by atoms with Crippen LogP contribution in [0.3, 0.4) is 0 Å². The molecule has 4 rings (SSSR count). The van der Waals surface area contributed by atoms with E-state index < -0.39 is 12.4 Å². The second kappa shape index (κ2) is 11.1. The molecule has 5 atom stereocenters. The zero-order chi connectivity index (χ0) is 24.9. The van der Waals surface area contributed by atoms with Gasteiger partial charge in [0.25, 0.3) is 5.17 Å². The van der Waals surface area contributed by atoms with Crippen molar-refractivity contribution < 1.29 is 28.8 Å². The van der Waals surface area contributed by atoms with E-state index in [1.807, 2.05) is 54.1 Å². The highest BCUT2D eigenvalue weighted by Gasteiger charge is 2.46. The van der Waals surface area contributed by atoms with Crippen LogP contribution in [0.2, 0.25) is 0 Å². The second-order valence-electron chi connectivity index (χ2n) is 8.10. The van der Waals surface area contributed by atoms with E-state index in [4.69, 9.17) is 35.9 Å². The van der Waals surface area contributed by atoms with Gasteiger partial charge >= 0.3 is 0 Å². The molecule has 1 aliphatic rings. The number of hydrogen-bond acceptors (Lipinski definition) is 8. The van der Waals surface area contributed by atoms with Crippen molar-refractivity contribution in [1.82, 2.24) is 9.55 Å². The van der Waals surface area contributed by atoms with Gasteiger partial charge in [-0.25, -0.2) is 4.98 Å². The molecular weight excluding hydrogens is 470 g/mol. The Bertz CT molecular complexity index is 1120. The molecule has 186 valence electrons. The normalized spacial score (nSPS) is 24.2. The maximum absolute atomic E-state index is 9.48. The summed E-state index contributed by atoms with van der Waals surface area (Å²) in [6.07, 6.45) is 1.44. The fraction of sp³-hybridized carbons (Fsp3) is 0.360. The Hall–Kier alpha value is -3.02. The highest BCUT2D eigenvalue weighted by atomic mass is 32.1. The Kier molecular flexibility index (Phi) is 7.99. The summed E-state index contributed by atoms with van der Waals surface area (Å²) in [6, 6.07) is 14.6. The summed E-state index contributed by atoms with van der Waals surface area (Å²) < 4.78 is 30.4. The summed E-state index contributed by atoms with van der Waals surface area (Å²) in [5.41, 5.74) is 3.42. The lowest BCUT2D eigenvalue weighted by Crippen LogP contribution is -2.59. The largest absolute Gasteiger partial charge is 0.508 e. The SMILES string of the molecule is CO[C@@H]1[C@@H](OC)[C@H](C)O[C@@H](OC(=S)Nc2ccc(-c3cn(-c4ccc(O)cc4)cn3)cc2)[C@@H]1OC. The number of benzene rings is 2. The first-order chi connectivity index (χ1) is 16.9. The lowest BCUT2D eigenvalue weighted by Gasteiger charge is -2.43. The van der Waals surface area contributed by atoms with E-state index in [1.54, 1.807) is 39.8 Å². The van der Waals surface area contributed by atoms with Gasteiger partial charge in [0.05, 0.1) is 18.1 Å². The summed E-state index contributed by atoms with van der Waals surface area (Å²) in [6.45, 7) is 1.89. The molecule has 0 aliphatic carbocycles. The summed E-state index contributed by atoms with van der Waals surface area (Å²) in [5, 5.41) is 12.7. The number of thiocarbonyl (C=S) groups is 1. The van der Waals surface area contributed by atoms with Gasteiger partial charge in [-0.1, -0.05) is 12.1 Å². The number of hydrogen-bond donors (Lipinski definition) is 2. The van der Waals surface area contributed by atoms with Gasteiger partial charge in [0, 0.05) is 44.5 Å². The number of rotatable bonds is 7. The predicted molar refractivity (Wildman–Crippen MR) is 135 cm³/mol. The van der Waals surface area contributed by atoms with Crippen LogP contribution in [-0.2, 0) is 23.7 Å². The molecule has 2 N–H and O–H groups in total. The number of ether oxygens (including phenoxy) is 5. The van der Waals surface area contributed by atoms with E-state index in [0.717, 1.165) is 22.6 Å². The monoisotopic (exact) mass is 499 g/mol. The Labute approximate surface area is 209 Å². The zero-order valence-corrected chi connectivity index (χ0v) is 20.8. The van der Waals surface area contributed by atoms with Crippen molar-refractivity contribution in [3.63, 3.8) is 0 Å². The molecule has 0 saturated carbocycles. The Morgan fingerprint density at radius 1 is 0.971 bits per heavy atom. The molecule has 10 heteroatoms. The van der Waals surface area contributed by atoms with Crippen molar-refractivity contribution in [3.8, 4) is 22.7 Å². The quantitative estimate of drug-likeness (QED) is 0.471. The van der Waals surface area contributed by atoms with Crippen LogP contribution in [0.4, 0.5) is 5.69 Å². The average molecular weight is 500 g/mol. The minimum absolute atomic E-state index is 0.152. The summed E-state index contributed by atoms with van der Waals surface area (Å²) in [7, 11) is 4.78. The summed E-state index contributed by atoms with van der Waals surface area (Å²) in [4.78, 5) is 4.48. The van der Waals surface area contributed by atoms with Crippen LogP contribution in [0.1, 0.15) is 6.92 Å². The zero-order valence-electron chi connectivity index (χ0n) is 20.0. The van der Waals surface area contributed by atoms with Gasteiger partial charge in [-0.3, -0.25) is 0 Å². The molecule has 0 amide bonds. The number of aromatic nitrogens is 2. The minimum Gasteiger partial charge on any atom is -0.508 e. The third-order valence-corrected chi connectivity index (χ3v) is 6.12. The lowest BCUT2D eigenvalue weighted by molar-refractivity contribution is -0.285. The van der Waals surface area contributed by atoms with Crippen LogP contribution >= 0.6 is 12.2 Å². The molecule has 1 saturated heterocycles. The smallest absolute Gasteiger partial charge is 0.263 e. The first-order valence-electron chi connectivity index (χ1n) is 11.1. The van der Waals surface area contributed by atoms with Gasteiger partial charge in [-0.05, 0) is 55.5 Å². The van der Waals surface area contributed by atoms with E-state index in [1.165, 1.54) is 0 Å². The maximum Gasteiger partial charge on any atom is 0.263 e. The highest BCUT2D eigenvalue weighted by molar-refractivity contribution is 7.80. The van der Waals surface area contributed by atoms with Crippen LogP contribution in [0.25, 0.3) is 16.9 Å². The molecule has 9 nitrogen and oxygen atoms in total. The number of anilines is 1. The van der Waals surface area contributed by atoms with Crippen molar-refractivity contribution in [3.05, 3.63) is 61.1 Å². The molecule has 0 radical (unpaired) electrons. The molecule has 2 heterocycles. The fourth-order valence-corrected chi connectivity index (χ4v) is 4.34. The van der Waals surface area contributed by atoms with Crippen molar-refractivity contribution in [2.45, 2.75) is 37.6 Å². The second-order valence-corrected chi connectivity index (χ2v) is 8.47. The van der Waals surface area contributed by atoms with E-state index in [-0.39, 0.29) is 29.2 Å². The molecule has 1 aromatic heterocycles. The predicted octanol–water partition coefficient (Wildman–Crippen LogP) is 3.75. The average Bonchev–Trinajstić information content (AvgIpc) is 3.34. The Balaban J connectivity index is 1.39. The number of phenolic OH excluding ortho intramolecular Hbond substituents is 1. The Morgan fingerprint density at radius 3 is 2.26 bits per heavy atom. The van der Waals surface area contributed by atoms with Crippen LogP contribution in [0.5, 0.6) is 5.75 Å². The van der Waals surface area contributed by atoms with Crippen molar-refractivity contribution in [2.24, 2.45) is 0 Å². The number of imidazole rings is 1. The van der Waals surface area contributed by atoms with Gasteiger partial charge in [0.15, 0.2) is 0 Å². The first kappa shape index (κ1) is 25.1. The summed E-state index contributed by atoms with van der Waals surface area (Å²) >= 11 is 5.41. The molecule has 0 spiro atoms. The minimum atomic E-state index is -0.755. The van der Waals surface area contributed by atoms with E-state index in [2.05, 4.69) is 10.3 Å². The van der Waals surface area contributed by atoms with Crippen molar-refractivity contribution in [2.75, 3.05) is 26.6 Å². The number of nitrogens with one attached hydrogen (secondary N) is 1. The van der Waals surface area contributed by atoms with Crippen molar-refractivity contribution in [1.29, 1.82) is 0 Å². The van der Waals surface area contributed by atoms with Gasteiger partial charge in [0.2, 0.25) is 6.29 Å². The maximum atomic E-state index is 9.48. The van der Waals surface area contributed by atoms with Gasteiger partial charge in [-0.15, -0.1) is 0 Å². The molecule has 35 heavy (non-hydrogen) atoms. The van der Waals surface area contributed by atoms with Crippen LogP contribution in [0, 0.1) is 0 Å². The van der Waals surface area contributed by atoms with Gasteiger partial charge in [0.1, 0.15) is 24.1 Å². The molecule has 2 aromatic carbocycles. The molecule has 0 bridgehead atoms. The molecule has 3 aromatic rings. The number of aromatic hydroxyl groups is 1. The lowest BCUT2D eigenvalue weighted by atomic mass is 9.99. The van der Waals surface area contributed by atoms with Gasteiger partial charge in [-0.2, -0.15) is 0 Å². The number of nitrogens with zero attached hydrogens (tertiary/aromatic N) is 2. The van der Waals surface area contributed by atoms with Crippen LogP contribution in [-0.4, -0.2) is 71.9 Å². The van der Waals surface area contributed by atoms with Gasteiger partial charge < -0.3 is 38.7 Å². The first-order valence-corrected chi connectivity index (χ1v) is 11.5. The van der Waals surface area contributed by atoms with E-state index >= 15 is 0 Å². The highest BCUT2D eigenvalue weighted by Crippen LogP contribution is 2.28. The van der Waals surface area contributed by atoms with Crippen molar-refractivity contribution >= 4 is 23.1 Å².